The first kappa shape index (κ1) is 29.3. The van der Waals surface area contributed by atoms with Gasteiger partial charge in [0.2, 0.25) is 0 Å². The minimum Gasteiger partial charge on any atom is -0.465 e. The van der Waals surface area contributed by atoms with E-state index in [2.05, 4.69) is 11.3 Å². The number of rotatable bonds is 10. The summed E-state index contributed by atoms with van der Waals surface area (Å²) in [5.74, 6) is -8.25. The standard InChI is InChI=1S/C19H26F3NO11/c1-5-6-31-18(17(29)30-4)7-12(32-9(2)25)13(23-16(28)19(20,21)22)15(34-18)14(11(27)8-24)33-10(3)26/h5,11-15,24,27H,1,6-8H2,2-4H3,(H,23,28)/t11-,12+,13-,14-,15-,18-/m1/s1. The van der Waals surface area contributed by atoms with E-state index in [1.807, 2.05) is 0 Å². The van der Waals surface area contributed by atoms with E-state index in [1.54, 1.807) is 5.32 Å². The highest BCUT2D eigenvalue weighted by molar-refractivity contribution is 5.82. The third-order valence-corrected chi connectivity index (χ3v) is 4.55. The van der Waals surface area contributed by atoms with E-state index in [-0.39, 0.29) is 6.61 Å². The quantitative estimate of drug-likeness (QED) is 0.193. The van der Waals surface area contributed by atoms with Gasteiger partial charge in [-0.15, -0.1) is 6.58 Å². The number of methoxy groups -OCH3 is 1. The van der Waals surface area contributed by atoms with Crippen LogP contribution in [0.25, 0.3) is 0 Å². The van der Waals surface area contributed by atoms with Crippen molar-refractivity contribution in [1.82, 2.24) is 5.32 Å². The van der Waals surface area contributed by atoms with E-state index in [0.29, 0.717) is 0 Å². The molecule has 194 valence electrons. The van der Waals surface area contributed by atoms with Crippen LogP contribution in [0.1, 0.15) is 20.3 Å². The van der Waals surface area contributed by atoms with Crippen LogP contribution in [0.15, 0.2) is 12.7 Å². The van der Waals surface area contributed by atoms with Gasteiger partial charge in [-0.05, 0) is 0 Å². The van der Waals surface area contributed by atoms with Crippen LogP contribution in [0.4, 0.5) is 13.2 Å². The summed E-state index contributed by atoms with van der Waals surface area (Å²) in [5, 5.41) is 21.2. The summed E-state index contributed by atoms with van der Waals surface area (Å²) in [4.78, 5) is 47.7. The maximum atomic E-state index is 13.0. The van der Waals surface area contributed by atoms with E-state index >= 15 is 0 Å². The van der Waals surface area contributed by atoms with Crippen molar-refractivity contribution >= 4 is 23.8 Å². The lowest BCUT2D eigenvalue weighted by Gasteiger charge is -2.48. The molecule has 0 saturated carbocycles. The highest BCUT2D eigenvalue weighted by Gasteiger charge is 2.59. The number of carbonyl (C=O) groups is 4. The molecule has 1 heterocycles. The number of ether oxygens (including phenoxy) is 5. The van der Waals surface area contributed by atoms with Crippen molar-refractivity contribution in [3.8, 4) is 0 Å². The lowest BCUT2D eigenvalue weighted by molar-refractivity contribution is -0.311. The Kier molecular flexibility index (Phi) is 10.4. The molecule has 6 atom stereocenters. The minimum atomic E-state index is -5.39. The first-order valence-corrected chi connectivity index (χ1v) is 9.74. The molecule has 1 rings (SSSR count). The molecule has 0 bridgehead atoms. The molecular weight excluding hydrogens is 475 g/mol. The number of carbonyl (C=O) groups excluding carboxylic acids is 4. The number of aliphatic hydroxyl groups excluding tert-OH is 2. The summed E-state index contributed by atoms with van der Waals surface area (Å²) in [7, 11) is 0.935. The second kappa shape index (κ2) is 12.1. The summed E-state index contributed by atoms with van der Waals surface area (Å²) < 4.78 is 64.6. The lowest BCUT2D eigenvalue weighted by atomic mass is 9.88. The second-order valence-electron chi connectivity index (χ2n) is 7.10. The Morgan fingerprint density at radius 2 is 1.88 bits per heavy atom. The van der Waals surface area contributed by atoms with Crippen LogP contribution in [0.3, 0.4) is 0 Å². The molecule has 0 aromatic carbocycles. The van der Waals surface area contributed by atoms with Crippen molar-refractivity contribution in [2.24, 2.45) is 0 Å². The van der Waals surface area contributed by atoms with Crippen molar-refractivity contribution in [1.29, 1.82) is 0 Å². The van der Waals surface area contributed by atoms with Crippen LogP contribution in [0.2, 0.25) is 0 Å². The van der Waals surface area contributed by atoms with Gasteiger partial charge in [0.15, 0.2) is 6.10 Å². The van der Waals surface area contributed by atoms with Gasteiger partial charge in [0.1, 0.15) is 18.3 Å². The Labute approximate surface area is 191 Å². The summed E-state index contributed by atoms with van der Waals surface area (Å²) in [6.07, 6.45) is -12.7. The molecule has 0 aliphatic carbocycles. The molecule has 12 nitrogen and oxygen atoms in total. The van der Waals surface area contributed by atoms with Crippen molar-refractivity contribution in [3.63, 3.8) is 0 Å². The number of esters is 3. The Balaban J connectivity index is 3.70. The molecule has 1 aliphatic heterocycles. The molecule has 15 heteroatoms. The van der Waals surface area contributed by atoms with Crippen molar-refractivity contribution in [3.05, 3.63) is 12.7 Å². The summed E-state index contributed by atoms with van der Waals surface area (Å²) in [6.45, 7) is 3.75. The van der Waals surface area contributed by atoms with Gasteiger partial charge in [-0.2, -0.15) is 13.2 Å². The molecular formula is C19H26F3NO11. The Morgan fingerprint density at radius 3 is 2.32 bits per heavy atom. The van der Waals surface area contributed by atoms with Crippen LogP contribution < -0.4 is 5.32 Å². The highest BCUT2D eigenvalue weighted by Crippen LogP contribution is 2.37. The zero-order valence-corrected chi connectivity index (χ0v) is 18.5. The third-order valence-electron chi connectivity index (χ3n) is 4.55. The fourth-order valence-corrected chi connectivity index (χ4v) is 3.24. The normalized spacial score (nSPS) is 26.5. The van der Waals surface area contributed by atoms with Gasteiger partial charge in [-0.3, -0.25) is 14.4 Å². The van der Waals surface area contributed by atoms with Gasteiger partial charge in [-0.25, -0.2) is 4.79 Å². The summed E-state index contributed by atoms with van der Waals surface area (Å²) in [6, 6.07) is -1.94. The molecule has 0 aromatic heterocycles. The predicted molar refractivity (Wildman–Crippen MR) is 103 cm³/mol. The van der Waals surface area contributed by atoms with Crippen LogP contribution >= 0.6 is 0 Å². The average molecular weight is 501 g/mol. The molecule has 0 unspecified atom stereocenters. The van der Waals surface area contributed by atoms with Gasteiger partial charge in [0.25, 0.3) is 5.79 Å². The number of halogens is 3. The third kappa shape index (κ3) is 7.38. The van der Waals surface area contributed by atoms with E-state index in [1.165, 1.54) is 6.08 Å². The zero-order chi connectivity index (χ0) is 26.3. The molecule has 1 amide bonds. The SMILES string of the molecule is C=CCO[C@]1(C(=O)OC)C[C@H](OC(C)=O)[C@@H](NC(=O)C(F)(F)F)[C@H]([C@H](OC(C)=O)[C@H](O)CO)O1. The van der Waals surface area contributed by atoms with E-state index in [0.717, 1.165) is 21.0 Å². The summed E-state index contributed by atoms with van der Waals surface area (Å²) >= 11 is 0. The molecule has 34 heavy (non-hydrogen) atoms. The Morgan fingerprint density at radius 1 is 1.26 bits per heavy atom. The van der Waals surface area contributed by atoms with Crippen LogP contribution in [-0.2, 0) is 42.9 Å². The minimum absolute atomic E-state index is 0.366. The monoisotopic (exact) mass is 501 g/mol. The smallest absolute Gasteiger partial charge is 0.465 e. The average Bonchev–Trinajstić information content (AvgIpc) is 2.75. The zero-order valence-electron chi connectivity index (χ0n) is 18.5. The lowest BCUT2D eigenvalue weighted by Crippen LogP contribution is -2.69. The van der Waals surface area contributed by atoms with Gasteiger partial charge in [0, 0.05) is 13.8 Å². The van der Waals surface area contributed by atoms with Crippen LogP contribution in [-0.4, -0.2) is 96.8 Å². The number of amides is 1. The maximum absolute atomic E-state index is 13.0. The Bertz CT molecular complexity index is 775. The molecule has 0 aromatic rings. The molecule has 1 aliphatic rings. The van der Waals surface area contributed by atoms with Crippen molar-refractivity contribution in [2.75, 3.05) is 20.3 Å². The fraction of sp³-hybridized carbons (Fsp3) is 0.684. The molecule has 0 radical (unpaired) electrons. The van der Waals surface area contributed by atoms with E-state index in [4.69, 9.17) is 18.9 Å². The van der Waals surface area contributed by atoms with E-state index in [9.17, 15) is 42.6 Å². The predicted octanol–water partition coefficient (Wildman–Crippen LogP) is -0.889. The van der Waals surface area contributed by atoms with Gasteiger partial charge >= 0.3 is 30.0 Å². The van der Waals surface area contributed by atoms with E-state index < -0.39 is 79.3 Å². The van der Waals surface area contributed by atoms with Gasteiger partial charge < -0.3 is 39.2 Å². The van der Waals surface area contributed by atoms with Crippen LogP contribution in [0.5, 0.6) is 0 Å². The number of alkyl halides is 3. The maximum Gasteiger partial charge on any atom is 0.471 e. The first-order chi connectivity index (χ1) is 15.7. The first-order valence-electron chi connectivity index (χ1n) is 9.74. The van der Waals surface area contributed by atoms with Crippen molar-refractivity contribution < 1.29 is 66.2 Å². The molecule has 0 spiro atoms. The topological polar surface area (TPSA) is 167 Å². The van der Waals surface area contributed by atoms with Gasteiger partial charge in [0.05, 0.1) is 32.8 Å². The second-order valence-corrected chi connectivity index (χ2v) is 7.10. The molecule has 3 N–H and O–H groups in total. The number of hydrogen-bond acceptors (Lipinski definition) is 11. The van der Waals surface area contributed by atoms with Crippen molar-refractivity contribution in [2.45, 2.75) is 62.7 Å². The number of aliphatic hydroxyl groups is 2. The molecule has 1 fully saturated rings. The van der Waals surface area contributed by atoms with Gasteiger partial charge in [-0.1, -0.05) is 6.08 Å². The Hall–Kier alpha value is -2.75. The largest absolute Gasteiger partial charge is 0.471 e. The fourth-order valence-electron chi connectivity index (χ4n) is 3.24. The molecule has 1 saturated heterocycles. The summed E-state index contributed by atoms with van der Waals surface area (Å²) in [5.41, 5.74) is 0. The number of hydrogen-bond donors (Lipinski definition) is 3. The number of nitrogens with one attached hydrogen (secondary N) is 1. The highest BCUT2D eigenvalue weighted by atomic mass is 19.4. The van der Waals surface area contributed by atoms with Crippen LogP contribution in [0, 0.1) is 0 Å².